The van der Waals surface area contributed by atoms with Crippen LogP contribution >= 0.6 is 0 Å². The number of aliphatic hydroxyl groups excluding tert-OH is 1. The standard InChI is InChI=1S/C14H17F3N2O3/c15-14(16,17)22-12-5-1-4-11(7-12)18-13(21)19-6-2-3-10(8-19)9-20/h1,4-5,7,10,20H,2-3,6,8-9H2,(H,18,21). The molecule has 0 radical (unpaired) electrons. The Labute approximate surface area is 125 Å². The molecule has 1 aromatic rings. The second-order valence-electron chi connectivity index (χ2n) is 5.14. The number of nitrogens with one attached hydrogen (secondary N) is 1. The SMILES string of the molecule is O=C(Nc1cccc(OC(F)(F)F)c1)N1CCCC(CO)C1. The molecule has 1 aliphatic rings. The van der Waals surface area contributed by atoms with E-state index in [4.69, 9.17) is 5.11 Å². The van der Waals surface area contributed by atoms with Crippen LogP contribution in [0, 0.1) is 5.92 Å². The lowest BCUT2D eigenvalue weighted by Gasteiger charge is -2.31. The van der Waals surface area contributed by atoms with E-state index in [9.17, 15) is 18.0 Å². The first-order chi connectivity index (χ1) is 10.4. The molecule has 22 heavy (non-hydrogen) atoms. The van der Waals surface area contributed by atoms with Gasteiger partial charge >= 0.3 is 12.4 Å². The Hall–Kier alpha value is -1.96. The molecule has 122 valence electrons. The highest BCUT2D eigenvalue weighted by molar-refractivity contribution is 5.89. The number of urea groups is 1. The summed E-state index contributed by atoms with van der Waals surface area (Å²) in [6, 6.07) is 4.71. The van der Waals surface area contributed by atoms with Crippen LogP contribution in [0.5, 0.6) is 5.75 Å². The van der Waals surface area contributed by atoms with Gasteiger partial charge in [-0.1, -0.05) is 6.07 Å². The van der Waals surface area contributed by atoms with Crippen molar-refractivity contribution < 1.29 is 27.8 Å². The van der Waals surface area contributed by atoms with Gasteiger partial charge in [0.1, 0.15) is 5.75 Å². The lowest BCUT2D eigenvalue weighted by atomic mass is 9.99. The predicted molar refractivity (Wildman–Crippen MR) is 73.5 cm³/mol. The van der Waals surface area contributed by atoms with Gasteiger partial charge in [-0.2, -0.15) is 0 Å². The number of rotatable bonds is 3. The molecule has 8 heteroatoms. The fourth-order valence-corrected chi connectivity index (χ4v) is 2.37. The zero-order valence-corrected chi connectivity index (χ0v) is 11.8. The number of ether oxygens (including phenoxy) is 1. The number of piperidine rings is 1. The van der Waals surface area contributed by atoms with E-state index < -0.39 is 18.1 Å². The van der Waals surface area contributed by atoms with E-state index in [1.54, 1.807) is 4.90 Å². The maximum absolute atomic E-state index is 12.2. The molecule has 1 heterocycles. The van der Waals surface area contributed by atoms with Gasteiger partial charge in [0.15, 0.2) is 0 Å². The summed E-state index contributed by atoms with van der Waals surface area (Å²) >= 11 is 0. The fourth-order valence-electron chi connectivity index (χ4n) is 2.37. The third-order valence-electron chi connectivity index (χ3n) is 3.38. The summed E-state index contributed by atoms with van der Waals surface area (Å²) in [4.78, 5) is 13.6. The van der Waals surface area contributed by atoms with Gasteiger partial charge in [0.05, 0.1) is 0 Å². The lowest BCUT2D eigenvalue weighted by molar-refractivity contribution is -0.274. The number of likely N-dealkylation sites (tertiary alicyclic amines) is 1. The van der Waals surface area contributed by atoms with Crippen molar-refractivity contribution >= 4 is 11.7 Å². The van der Waals surface area contributed by atoms with Crippen LogP contribution in [0.1, 0.15) is 12.8 Å². The molecule has 5 nitrogen and oxygen atoms in total. The Morgan fingerprint density at radius 2 is 2.23 bits per heavy atom. The summed E-state index contributed by atoms with van der Waals surface area (Å²) in [5.41, 5.74) is 0.220. The number of hydrogen-bond donors (Lipinski definition) is 2. The van der Waals surface area contributed by atoms with Crippen molar-refractivity contribution in [1.82, 2.24) is 4.90 Å². The maximum atomic E-state index is 12.2. The number of aliphatic hydroxyl groups is 1. The normalized spacial score (nSPS) is 18.9. The molecule has 2 N–H and O–H groups in total. The van der Waals surface area contributed by atoms with Gasteiger partial charge in [-0.05, 0) is 30.9 Å². The Balaban J connectivity index is 1.98. The van der Waals surface area contributed by atoms with E-state index in [2.05, 4.69) is 10.1 Å². The molecule has 1 unspecified atom stereocenters. The highest BCUT2D eigenvalue weighted by atomic mass is 19.4. The first-order valence-corrected chi connectivity index (χ1v) is 6.90. The van der Waals surface area contributed by atoms with E-state index in [0.29, 0.717) is 13.1 Å². The van der Waals surface area contributed by atoms with E-state index in [-0.39, 0.29) is 18.2 Å². The Morgan fingerprint density at radius 1 is 1.45 bits per heavy atom. The predicted octanol–water partition coefficient (Wildman–Crippen LogP) is 2.82. The molecule has 0 spiro atoms. The van der Waals surface area contributed by atoms with E-state index in [0.717, 1.165) is 25.0 Å². The second kappa shape index (κ2) is 6.87. The van der Waals surface area contributed by atoms with Crippen LogP contribution in [0.3, 0.4) is 0 Å². The maximum Gasteiger partial charge on any atom is 0.573 e. The largest absolute Gasteiger partial charge is 0.573 e. The molecule has 1 aliphatic heterocycles. The molecule has 1 aromatic carbocycles. The quantitative estimate of drug-likeness (QED) is 0.901. The first kappa shape index (κ1) is 16.4. The third-order valence-corrected chi connectivity index (χ3v) is 3.38. The number of nitrogens with zero attached hydrogens (tertiary/aromatic N) is 1. The molecule has 2 amide bonds. The van der Waals surface area contributed by atoms with Crippen molar-refractivity contribution in [3.8, 4) is 5.75 Å². The van der Waals surface area contributed by atoms with Gasteiger partial charge in [0.25, 0.3) is 0 Å². The molecular weight excluding hydrogens is 301 g/mol. The van der Waals surface area contributed by atoms with E-state index >= 15 is 0 Å². The number of hydrogen-bond acceptors (Lipinski definition) is 3. The zero-order chi connectivity index (χ0) is 16.2. The van der Waals surface area contributed by atoms with Crippen LogP contribution in [0.15, 0.2) is 24.3 Å². The monoisotopic (exact) mass is 318 g/mol. The molecule has 0 aliphatic carbocycles. The van der Waals surface area contributed by atoms with Gasteiger partial charge in [-0.25, -0.2) is 4.79 Å². The van der Waals surface area contributed by atoms with Crippen LogP contribution in [0.25, 0.3) is 0 Å². The van der Waals surface area contributed by atoms with Crippen molar-refractivity contribution in [1.29, 1.82) is 0 Å². The smallest absolute Gasteiger partial charge is 0.406 e. The summed E-state index contributed by atoms with van der Waals surface area (Å²) in [6.07, 6.45) is -3.13. The molecule has 2 rings (SSSR count). The zero-order valence-electron chi connectivity index (χ0n) is 11.8. The minimum atomic E-state index is -4.77. The Morgan fingerprint density at radius 3 is 2.91 bits per heavy atom. The molecular formula is C14H17F3N2O3. The molecule has 0 aromatic heterocycles. The van der Waals surface area contributed by atoms with Gasteiger partial charge in [-0.15, -0.1) is 13.2 Å². The number of carbonyl (C=O) groups is 1. The number of carbonyl (C=O) groups excluding carboxylic acids is 1. The number of amides is 2. The lowest BCUT2D eigenvalue weighted by Crippen LogP contribution is -2.43. The first-order valence-electron chi connectivity index (χ1n) is 6.90. The number of anilines is 1. The van der Waals surface area contributed by atoms with E-state index in [1.807, 2.05) is 0 Å². The van der Waals surface area contributed by atoms with Crippen LogP contribution in [-0.4, -0.2) is 42.1 Å². The minimum Gasteiger partial charge on any atom is -0.406 e. The van der Waals surface area contributed by atoms with Crippen molar-refractivity contribution in [2.45, 2.75) is 19.2 Å². The van der Waals surface area contributed by atoms with Crippen LogP contribution in [0.2, 0.25) is 0 Å². The minimum absolute atomic E-state index is 0.0126. The average molecular weight is 318 g/mol. The van der Waals surface area contributed by atoms with Gasteiger partial charge in [0, 0.05) is 31.5 Å². The summed E-state index contributed by atoms with van der Waals surface area (Å²) in [5.74, 6) is -0.350. The van der Waals surface area contributed by atoms with Crippen LogP contribution < -0.4 is 10.1 Å². The van der Waals surface area contributed by atoms with Crippen molar-refractivity contribution in [2.24, 2.45) is 5.92 Å². The molecule has 1 fully saturated rings. The van der Waals surface area contributed by atoms with E-state index in [1.165, 1.54) is 12.1 Å². The summed E-state index contributed by atoms with van der Waals surface area (Å²) in [6.45, 7) is 1.00. The van der Waals surface area contributed by atoms with Crippen LogP contribution in [-0.2, 0) is 0 Å². The average Bonchev–Trinajstić information content (AvgIpc) is 2.46. The third kappa shape index (κ3) is 4.80. The van der Waals surface area contributed by atoms with Crippen molar-refractivity contribution in [3.63, 3.8) is 0 Å². The fraction of sp³-hybridized carbons (Fsp3) is 0.500. The van der Waals surface area contributed by atoms with Gasteiger partial charge in [-0.3, -0.25) is 0 Å². The van der Waals surface area contributed by atoms with Crippen molar-refractivity contribution in [2.75, 3.05) is 25.0 Å². The van der Waals surface area contributed by atoms with Gasteiger partial charge in [0.2, 0.25) is 0 Å². The molecule has 1 atom stereocenters. The second-order valence-corrected chi connectivity index (χ2v) is 5.14. The summed E-state index contributed by atoms with van der Waals surface area (Å²) in [5, 5.41) is 11.7. The topological polar surface area (TPSA) is 61.8 Å². The molecule has 0 saturated carbocycles. The Kier molecular flexibility index (Phi) is 5.12. The highest BCUT2D eigenvalue weighted by Crippen LogP contribution is 2.25. The van der Waals surface area contributed by atoms with Crippen molar-refractivity contribution in [3.05, 3.63) is 24.3 Å². The highest BCUT2D eigenvalue weighted by Gasteiger charge is 2.31. The van der Waals surface area contributed by atoms with Gasteiger partial charge < -0.3 is 20.1 Å². The van der Waals surface area contributed by atoms with Crippen LogP contribution in [0.4, 0.5) is 23.7 Å². The molecule has 0 bridgehead atoms. The number of alkyl halides is 3. The summed E-state index contributed by atoms with van der Waals surface area (Å²) in [7, 11) is 0. The Bertz CT molecular complexity index is 522. The number of halogens is 3. The summed E-state index contributed by atoms with van der Waals surface area (Å²) < 4.78 is 40.3. The molecule has 1 saturated heterocycles. The number of benzene rings is 1.